The van der Waals surface area contributed by atoms with Gasteiger partial charge in [0.05, 0.1) is 14.6 Å². The molecule has 0 fully saturated rings. The summed E-state index contributed by atoms with van der Waals surface area (Å²) in [6.45, 7) is 0. The van der Waals surface area contributed by atoms with Crippen molar-refractivity contribution in [3.8, 4) is 11.5 Å². The van der Waals surface area contributed by atoms with Crippen LogP contribution < -0.4 is 10.1 Å². The van der Waals surface area contributed by atoms with Crippen LogP contribution in [0.25, 0.3) is 6.08 Å². The minimum atomic E-state index is -0.474. The number of amides is 1. The van der Waals surface area contributed by atoms with E-state index in [4.69, 9.17) is 4.74 Å². The fourth-order valence-electron chi connectivity index (χ4n) is 1.95. The third kappa shape index (κ3) is 2.86. The summed E-state index contributed by atoms with van der Waals surface area (Å²) in [5, 5.41) is 12.3. The summed E-state index contributed by atoms with van der Waals surface area (Å²) < 4.78 is 19.6. The van der Waals surface area contributed by atoms with Crippen molar-refractivity contribution in [1.82, 2.24) is 0 Å². The zero-order valence-electron chi connectivity index (χ0n) is 10.9. The summed E-state index contributed by atoms with van der Waals surface area (Å²) in [4.78, 5) is 12.0. The fourth-order valence-corrected chi connectivity index (χ4v) is 3.17. The number of anilines is 1. The first kappa shape index (κ1) is 15.1. The summed E-state index contributed by atoms with van der Waals surface area (Å²) in [5.74, 6) is -0.426. The molecule has 3 rings (SSSR count). The lowest BCUT2D eigenvalue weighted by atomic mass is 10.1. The standard InChI is InChI=1S/C15H8Br2FNO3/c16-9-3-7(4-10(17)14(9)20)5-13-15(21)19-11-6-8(18)1-2-12(11)22-13/h1-6,20H,(H,19,21)/b13-5-. The largest absolute Gasteiger partial charge is 0.506 e. The van der Waals surface area contributed by atoms with Crippen molar-refractivity contribution in [2.75, 3.05) is 5.32 Å². The molecule has 0 aromatic heterocycles. The maximum atomic E-state index is 13.1. The van der Waals surface area contributed by atoms with E-state index < -0.39 is 11.7 Å². The van der Waals surface area contributed by atoms with E-state index in [9.17, 15) is 14.3 Å². The molecule has 112 valence electrons. The highest BCUT2D eigenvalue weighted by Crippen LogP contribution is 2.35. The monoisotopic (exact) mass is 427 g/mol. The molecule has 0 saturated heterocycles. The molecule has 1 aliphatic heterocycles. The Balaban J connectivity index is 1.99. The molecule has 22 heavy (non-hydrogen) atoms. The number of ether oxygens (including phenoxy) is 1. The van der Waals surface area contributed by atoms with Gasteiger partial charge in [-0.15, -0.1) is 0 Å². The molecule has 4 nitrogen and oxygen atoms in total. The Morgan fingerprint density at radius 2 is 1.86 bits per heavy atom. The smallest absolute Gasteiger partial charge is 0.291 e. The summed E-state index contributed by atoms with van der Waals surface area (Å²) in [6.07, 6.45) is 1.52. The van der Waals surface area contributed by atoms with Crippen LogP contribution in [0.5, 0.6) is 11.5 Å². The minimum absolute atomic E-state index is 0.0667. The Morgan fingerprint density at radius 3 is 2.55 bits per heavy atom. The van der Waals surface area contributed by atoms with Gasteiger partial charge in [0.1, 0.15) is 11.6 Å². The van der Waals surface area contributed by atoms with Crippen LogP contribution >= 0.6 is 31.9 Å². The second-order valence-corrected chi connectivity index (χ2v) is 6.25. The van der Waals surface area contributed by atoms with E-state index in [2.05, 4.69) is 37.2 Å². The normalized spacial score (nSPS) is 15.2. The lowest BCUT2D eigenvalue weighted by Crippen LogP contribution is -2.23. The highest BCUT2D eigenvalue weighted by atomic mass is 79.9. The van der Waals surface area contributed by atoms with Crippen LogP contribution in [0.4, 0.5) is 10.1 Å². The molecule has 0 atom stereocenters. The van der Waals surface area contributed by atoms with Crippen LogP contribution in [0.2, 0.25) is 0 Å². The molecule has 0 radical (unpaired) electrons. The van der Waals surface area contributed by atoms with Crippen molar-refractivity contribution in [3.63, 3.8) is 0 Å². The third-order valence-electron chi connectivity index (χ3n) is 2.97. The Hall–Kier alpha value is -1.86. The molecule has 1 heterocycles. The molecule has 0 unspecified atom stereocenters. The van der Waals surface area contributed by atoms with Crippen molar-refractivity contribution in [1.29, 1.82) is 0 Å². The number of hydrogen-bond acceptors (Lipinski definition) is 3. The van der Waals surface area contributed by atoms with Crippen LogP contribution in [0.15, 0.2) is 45.0 Å². The van der Waals surface area contributed by atoms with E-state index in [1.165, 1.54) is 24.3 Å². The van der Waals surface area contributed by atoms with E-state index in [0.717, 1.165) is 0 Å². The molecule has 2 aromatic carbocycles. The van der Waals surface area contributed by atoms with Crippen LogP contribution in [-0.2, 0) is 4.79 Å². The van der Waals surface area contributed by atoms with Gasteiger partial charge in [-0.05, 0) is 67.8 Å². The summed E-state index contributed by atoms with van der Waals surface area (Å²) in [7, 11) is 0. The number of carbonyl (C=O) groups is 1. The van der Waals surface area contributed by atoms with Gasteiger partial charge < -0.3 is 15.2 Å². The quantitative estimate of drug-likeness (QED) is 0.660. The second-order valence-electron chi connectivity index (χ2n) is 4.54. The molecule has 1 aliphatic rings. The predicted octanol–water partition coefficient (Wildman–Crippen LogP) is 4.43. The molecule has 0 bridgehead atoms. The van der Waals surface area contributed by atoms with Crippen molar-refractivity contribution in [3.05, 3.63) is 56.4 Å². The number of halogens is 3. The molecule has 2 N–H and O–H groups in total. The zero-order valence-corrected chi connectivity index (χ0v) is 14.0. The molecule has 0 saturated carbocycles. The van der Waals surface area contributed by atoms with Gasteiger partial charge in [-0.3, -0.25) is 4.79 Å². The maximum absolute atomic E-state index is 13.1. The summed E-state index contributed by atoms with van der Waals surface area (Å²) in [5.41, 5.74) is 0.933. The number of aromatic hydroxyl groups is 1. The Morgan fingerprint density at radius 1 is 1.18 bits per heavy atom. The Labute approximate surface area is 141 Å². The molecular weight excluding hydrogens is 421 g/mol. The number of fused-ring (bicyclic) bond motifs is 1. The number of hydrogen-bond donors (Lipinski definition) is 2. The van der Waals surface area contributed by atoms with Crippen LogP contribution in [0.1, 0.15) is 5.56 Å². The van der Waals surface area contributed by atoms with Gasteiger partial charge in [0.25, 0.3) is 5.91 Å². The first-order chi connectivity index (χ1) is 10.4. The molecule has 7 heteroatoms. The Kier molecular flexibility index (Phi) is 3.92. The number of nitrogens with one attached hydrogen (secondary N) is 1. The maximum Gasteiger partial charge on any atom is 0.291 e. The lowest BCUT2D eigenvalue weighted by Gasteiger charge is -2.19. The lowest BCUT2D eigenvalue weighted by molar-refractivity contribution is -0.115. The molecule has 1 amide bonds. The summed E-state index contributed by atoms with van der Waals surface area (Å²) >= 11 is 6.44. The van der Waals surface area contributed by atoms with Gasteiger partial charge >= 0.3 is 0 Å². The minimum Gasteiger partial charge on any atom is -0.506 e. The van der Waals surface area contributed by atoms with Gasteiger partial charge in [-0.2, -0.15) is 0 Å². The van der Waals surface area contributed by atoms with E-state index in [1.54, 1.807) is 12.1 Å². The number of phenols is 1. The number of rotatable bonds is 1. The molecule has 0 spiro atoms. The highest BCUT2D eigenvalue weighted by molar-refractivity contribution is 9.11. The molecule has 2 aromatic rings. The average Bonchev–Trinajstić information content (AvgIpc) is 2.45. The van der Waals surface area contributed by atoms with E-state index in [0.29, 0.717) is 20.3 Å². The van der Waals surface area contributed by atoms with Crippen LogP contribution in [0.3, 0.4) is 0 Å². The van der Waals surface area contributed by atoms with Crippen molar-refractivity contribution < 1.29 is 19.0 Å². The van der Waals surface area contributed by atoms with E-state index in [-0.39, 0.29) is 17.2 Å². The van der Waals surface area contributed by atoms with E-state index in [1.807, 2.05) is 0 Å². The third-order valence-corrected chi connectivity index (χ3v) is 4.18. The van der Waals surface area contributed by atoms with Crippen molar-refractivity contribution >= 4 is 49.5 Å². The topological polar surface area (TPSA) is 58.6 Å². The van der Waals surface area contributed by atoms with Crippen LogP contribution in [0, 0.1) is 5.82 Å². The highest BCUT2D eigenvalue weighted by Gasteiger charge is 2.22. The molecule has 0 aliphatic carbocycles. The first-order valence-electron chi connectivity index (χ1n) is 6.12. The van der Waals surface area contributed by atoms with Gasteiger partial charge in [0.2, 0.25) is 0 Å². The van der Waals surface area contributed by atoms with E-state index >= 15 is 0 Å². The zero-order chi connectivity index (χ0) is 15.9. The SMILES string of the molecule is O=C1Nc2cc(F)ccc2O/C1=C\c1cc(Br)c(O)c(Br)c1. The van der Waals surface area contributed by atoms with Crippen molar-refractivity contribution in [2.24, 2.45) is 0 Å². The summed E-state index contributed by atoms with van der Waals surface area (Å²) in [6, 6.07) is 7.17. The van der Waals surface area contributed by atoms with Crippen molar-refractivity contribution in [2.45, 2.75) is 0 Å². The van der Waals surface area contributed by atoms with Gasteiger partial charge in [-0.25, -0.2) is 4.39 Å². The number of benzene rings is 2. The fraction of sp³-hybridized carbons (Fsp3) is 0. The number of phenolic OH excluding ortho intramolecular Hbond substituents is 1. The second kappa shape index (κ2) is 5.73. The Bertz CT molecular complexity index is 797. The van der Waals surface area contributed by atoms with Gasteiger partial charge in [-0.1, -0.05) is 0 Å². The number of carbonyl (C=O) groups excluding carboxylic acids is 1. The van der Waals surface area contributed by atoms with Crippen LogP contribution in [-0.4, -0.2) is 11.0 Å². The predicted molar refractivity (Wildman–Crippen MR) is 87.1 cm³/mol. The van der Waals surface area contributed by atoms with Gasteiger partial charge in [0, 0.05) is 6.07 Å². The average molecular weight is 429 g/mol. The molecular formula is C15H8Br2FNO3. The first-order valence-corrected chi connectivity index (χ1v) is 7.71. The van der Waals surface area contributed by atoms with Gasteiger partial charge in [0.15, 0.2) is 11.5 Å².